The summed E-state index contributed by atoms with van der Waals surface area (Å²) in [5, 5.41) is 0.663. The maximum Gasteiger partial charge on any atom is 0.141 e. The second-order valence-electron chi connectivity index (χ2n) is 2.82. The second-order valence-corrected chi connectivity index (χ2v) is 3.23. The molecule has 2 heteroatoms. The molecule has 1 aromatic carbocycles. The molecular formula is C10H12ClO. The van der Waals surface area contributed by atoms with Gasteiger partial charge in [0.05, 0.1) is 12.1 Å². The molecule has 1 rings (SSSR count). The molecule has 0 amide bonds. The summed E-state index contributed by atoms with van der Waals surface area (Å²) in [5.41, 5.74) is 1.07. The Balaban J connectivity index is 3.18. The topological polar surface area (TPSA) is 9.23 Å². The summed E-state index contributed by atoms with van der Waals surface area (Å²) in [5.74, 6) is 1.97. The minimum absolute atomic E-state index is 0.663. The highest BCUT2D eigenvalue weighted by molar-refractivity contribution is 6.32. The number of rotatable bonds is 2. The van der Waals surface area contributed by atoms with Gasteiger partial charge in [-0.05, 0) is 6.07 Å². The molecule has 0 aromatic heterocycles. The van der Waals surface area contributed by atoms with Crippen molar-refractivity contribution in [2.75, 3.05) is 7.11 Å². The van der Waals surface area contributed by atoms with Crippen LogP contribution in [-0.2, 0) is 0 Å². The van der Waals surface area contributed by atoms with Crippen molar-refractivity contribution in [2.24, 2.45) is 0 Å². The van der Waals surface area contributed by atoms with Gasteiger partial charge in [-0.25, -0.2) is 0 Å². The molecule has 1 nitrogen and oxygen atoms in total. The number of hydrogen-bond acceptors (Lipinski definition) is 1. The van der Waals surface area contributed by atoms with E-state index in [-0.39, 0.29) is 0 Å². The van der Waals surface area contributed by atoms with Crippen molar-refractivity contribution in [1.82, 2.24) is 0 Å². The van der Waals surface area contributed by atoms with Crippen LogP contribution < -0.4 is 4.74 Å². The SMILES string of the molecule is COc1c(Cl)cccc1[C](C)C. The molecule has 0 unspecified atom stereocenters. The molecular weight excluding hydrogens is 172 g/mol. The highest BCUT2D eigenvalue weighted by Crippen LogP contribution is 2.32. The quantitative estimate of drug-likeness (QED) is 0.684. The van der Waals surface area contributed by atoms with Gasteiger partial charge in [0.2, 0.25) is 0 Å². The van der Waals surface area contributed by atoms with E-state index in [4.69, 9.17) is 16.3 Å². The first-order chi connectivity index (χ1) is 5.66. The minimum Gasteiger partial charge on any atom is -0.495 e. The van der Waals surface area contributed by atoms with Gasteiger partial charge in [0, 0.05) is 11.5 Å². The number of methoxy groups -OCH3 is 1. The first kappa shape index (κ1) is 9.40. The van der Waals surface area contributed by atoms with Crippen molar-refractivity contribution in [3.05, 3.63) is 34.7 Å². The van der Waals surface area contributed by atoms with Crippen molar-refractivity contribution >= 4 is 11.6 Å². The second kappa shape index (κ2) is 3.81. The largest absolute Gasteiger partial charge is 0.495 e. The number of halogens is 1. The number of para-hydroxylation sites is 1. The third kappa shape index (κ3) is 1.72. The zero-order valence-corrected chi connectivity index (χ0v) is 8.27. The van der Waals surface area contributed by atoms with Crippen molar-refractivity contribution in [3.63, 3.8) is 0 Å². The molecule has 0 fully saturated rings. The average Bonchev–Trinajstić information content (AvgIpc) is 2.03. The molecule has 0 saturated carbocycles. The lowest BCUT2D eigenvalue weighted by atomic mass is 10.0. The van der Waals surface area contributed by atoms with Gasteiger partial charge in [-0.1, -0.05) is 37.6 Å². The van der Waals surface area contributed by atoms with E-state index in [0.29, 0.717) is 5.02 Å². The van der Waals surface area contributed by atoms with Crippen LogP contribution in [0, 0.1) is 5.92 Å². The molecule has 12 heavy (non-hydrogen) atoms. The fourth-order valence-corrected chi connectivity index (χ4v) is 1.36. The first-order valence-corrected chi connectivity index (χ1v) is 4.17. The zero-order chi connectivity index (χ0) is 9.14. The van der Waals surface area contributed by atoms with Gasteiger partial charge in [-0.15, -0.1) is 0 Å². The van der Waals surface area contributed by atoms with E-state index in [2.05, 4.69) is 0 Å². The van der Waals surface area contributed by atoms with Gasteiger partial charge in [0.1, 0.15) is 5.75 Å². The molecule has 0 aliphatic carbocycles. The van der Waals surface area contributed by atoms with Crippen molar-refractivity contribution in [2.45, 2.75) is 13.8 Å². The minimum atomic E-state index is 0.663. The van der Waals surface area contributed by atoms with Crippen molar-refractivity contribution in [1.29, 1.82) is 0 Å². The third-order valence-electron chi connectivity index (χ3n) is 1.71. The molecule has 0 aliphatic rings. The molecule has 0 atom stereocenters. The molecule has 0 aliphatic heterocycles. The van der Waals surface area contributed by atoms with Crippen LogP contribution in [0.5, 0.6) is 5.75 Å². The maximum absolute atomic E-state index is 5.94. The summed E-state index contributed by atoms with van der Waals surface area (Å²) in [7, 11) is 1.63. The molecule has 0 N–H and O–H groups in total. The summed E-state index contributed by atoms with van der Waals surface area (Å²) < 4.78 is 5.18. The summed E-state index contributed by atoms with van der Waals surface area (Å²) in [4.78, 5) is 0. The highest BCUT2D eigenvalue weighted by atomic mass is 35.5. The van der Waals surface area contributed by atoms with E-state index < -0.39 is 0 Å². The highest BCUT2D eigenvalue weighted by Gasteiger charge is 2.09. The van der Waals surface area contributed by atoms with E-state index in [1.807, 2.05) is 32.0 Å². The van der Waals surface area contributed by atoms with E-state index >= 15 is 0 Å². The summed E-state index contributed by atoms with van der Waals surface area (Å²) in [6.07, 6.45) is 0. The van der Waals surface area contributed by atoms with Crippen LogP contribution in [0.2, 0.25) is 5.02 Å². The Morgan fingerprint density at radius 3 is 2.42 bits per heavy atom. The normalized spacial score (nSPS) is 10.4. The van der Waals surface area contributed by atoms with Gasteiger partial charge in [-0.3, -0.25) is 0 Å². The van der Waals surface area contributed by atoms with Gasteiger partial charge in [-0.2, -0.15) is 0 Å². The molecule has 65 valence electrons. The van der Waals surface area contributed by atoms with Crippen LogP contribution in [0.25, 0.3) is 0 Å². The Labute approximate surface area is 78.3 Å². The lowest BCUT2D eigenvalue weighted by molar-refractivity contribution is 0.411. The van der Waals surface area contributed by atoms with Crippen LogP contribution in [-0.4, -0.2) is 7.11 Å². The lowest BCUT2D eigenvalue weighted by Gasteiger charge is -2.11. The van der Waals surface area contributed by atoms with Crippen molar-refractivity contribution < 1.29 is 4.74 Å². The van der Waals surface area contributed by atoms with Gasteiger partial charge < -0.3 is 4.74 Å². The fourth-order valence-electron chi connectivity index (χ4n) is 1.11. The third-order valence-corrected chi connectivity index (χ3v) is 2.01. The fraction of sp³-hybridized carbons (Fsp3) is 0.300. The Morgan fingerprint density at radius 1 is 1.33 bits per heavy atom. The Hall–Kier alpha value is -0.690. The van der Waals surface area contributed by atoms with Crippen LogP contribution >= 0.6 is 11.6 Å². The molecule has 0 saturated heterocycles. The lowest BCUT2D eigenvalue weighted by Crippen LogP contribution is -1.94. The smallest absolute Gasteiger partial charge is 0.141 e. The van der Waals surface area contributed by atoms with Crippen LogP contribution in [0.3, 0.4) is 0 Å². The summed E-state index contributed by atoms with van der Waals surface area (Å²) in [6.45, 7) is 4.07. The predicted octanol–water partition coefficient (Wildman–Crippen LogP) is 3.31. The molecule has 0 heterocycles. The average molecular weight is 184 g/mol. The van der Waals surface area contributed by atoms with Crippen LogP contribution in [0.1, 0.15) is 19.4 Å². The monoisotopic (exact) mass is 183 g/mol. The number of hydrogen-bond donors (Lipinski definition) is 0. The first-order valence-electron chi connectivity index (χ1n) is 3.80. The van der Waals surface area contributed by atoms with E-state index in [9.17, 15) is 0 Å². The molecule has 0 spiro atoms. The van der Waals surface area contributed by atoms with Gasteiger partial charge in [0.25, 0.3) is 0 Å². The number of ether oxygens (including phenoxy) is 1. The van der Waals surface area contributed by atoms with E-state index in [1.165, 1.54) is 5.92 Å². The molecule has 0 bridgehead atoms. The van der Waals surface area contributed by atoms with Crippen LogP contribution in [0.15, 0.2) is 18.2 Å². The Kier molecular flexibility index (Phi) is 2.99. The van der Waals surface area contributed by atoms with Crippen molar-refractivity contribution in [3.8, 4) is 5.75 Å². The van der Waals surface area contributed by atoms with Gasteiger partial charge in [0.15, 0.2) is 0 Å². The summed E-state index contributed by atoms with van der Waals surface area (Å²) >= 11 is 5.94. The van der Waals surface area contributed by atoms with E-state index in [0.717, 1.165) is 11.3 Å². The van der Waals surface area contributed by atoms with Gasteiger partial charge >= 0.3 is 0 Å². The standard InChI is InChI=1S/C10H12ClO/c1-7(2)8-5-4-6-9(11)10(8)12-3/h4-6H,1-3H3. The predicted molar refractivity (Wildman–Crippen MR) is 51.7 cm³/mol. The maximum atomic E-state index is 5.94. The molecule has 1 aromatic rings. The van der Waals surface area contributed by atoms with Crippen LogP contribution in [0.4, 0.5) is 0 Å². The Bertz CT molecular complexity index is 269. The zero-order valence-electron chi connectivity index (χ0n) is 7.52. The van der Waals surface area contributed by atoms with E-state index in [1.54, 1.807) is 7.11 Å². The summed E-state index contributed by atoms with van der Waals surface area (Å²) in [6, 6.07) is 5.75. The molecule has 1 radical (unpaired) electrons. The number of benzene rings is 1. The Morgan fingerprint density at radius 2 is 2.00 bits per heavy atom.